The highest BCUT2D eigenvalue weighted by atomic mass is 35.5. The van der Waals surface area contributed by atoms with Crippen molar-refractivity contribution in [2.75, 3.05) is 5.32 Å². The molecule has 2 unspecified atom stereocenters. The average Bonchev–Trinajstić information content (AvgIpc) is 2.48. The lowest BCUT2D eigenvalue weighted by molar-refractivity contribution is -0.140. The summed E-state index contributed by atoms with van der Waals surface area (Å²) < 4.78 is 29.0. The van der Waals surface area contributed by atoms with Crippen LogP contribution in [0.1, 0.15) is 26.7 Å². The maximum absolute atomic E-state index is 12.3. The fraction of sp³-hybridized carbons (Fsp3) is 0.467. The first-order valence-corrected chi connectivity index (χ1v) is 7.18. The molecule has 0 aliphatic carbocycles. The molecule has 0 saturated carbocycles. The molecule has 9 heteroatoms. The zero-order valence-corrected chi connectivity index (χ0v) is 14.1. The molecule has 0 bridgehead atoms. The molecule has 0 aliphatic rings. The van der Waals surface area contributed by atoms with Crippen molar-refractivity contribution >= 4 is 30.0 Å². The molecule has 136 valence electrons. The fourth-order valence-electron chi connectivity index (χ4n) is 1.95. The number of hydrogen-bond acceptors (Lipinski definition) is 4. The third-order valence-electron chi connectivity index (χ3n) is 3.08. The van der Waals surface area contributed by atoms with Crippen LogP contribution in [0.2, 0.25) is 0 Å². The van der Waals surface area contributed by atoms with Gasteiger partial charge in [-0.2, -0.15) is 8.78 Å². The van der Waals surface area contributed by atoms with Crippen LogP contribution in [0.3, 0.4) is 0 Å². The number of anilines is 1. The Hall–Kier alpha value is -1.93. The van der Waals surface area contributed by atoms with Crippen LogP contribution in [0.15, 0.2) is 24.3 Å². The summed E-state index contributed by atoms with van der Waals surface area (Å²) in [5.74, 6) is -1.75. The van der Waals surface area contributed by atoms with E-state index in [1.165, 1.54) is 25.1 Å². The number of nitrogens with one attached hydrogen (secondary N) is 2. The van der Waals surface area contributed by atoms with Crippen molar-refractivity contribution < 1.29 is 28.2 Å². The van der Waals surface area contributed by atoms with Gasteiger partial charge in [0.25, 0.3) is 0 Å². The van der Waals surface area contributed by atoms with Crippen LogP contribution in [0.4, 0.5) is 14.5 Å². The van der Waals surface area contributed by atoms with Crippen LogP contribution in [0.25, 0.3) is 0 Å². The van der Waals surface area contributed by atoms with Crippen LogP contribution in [0, 0.1) is 0 Å². The molecule has 0 aromatic heterocycles. The SMILES string of the molecule is CCCC(NC(C)C(=O)Nc1ccccc1OC(F)F)C(=O)O.Cl. The lowest BCUT2D eigenvalue weighted by Gasteiger charge is -2.20. The van der Waals surface area contributed by atoms with E-state index >= 15 is 0 Å². The number of hydrogen-bond donors (Lipinski definition) is 3. The van der Waals surface area contributed by atoms with Crippen molar-refractivity contribution in [3.63, 3.8) is 0 Å². The summed E-state index contributed by atoms with van der Waals surface area (Å²) in [4.78, 5) is 23.2. The number of carboxylic acids is 1. The molecule has 0 aliphatic heterocycles. The van der Waals surface area contributed by atoms with Gasteiger partial charge in [0, 0.05) is 0 Å². The first kappa shape index (κ1) is 22.1. The largest absolute Gasteiger partial charge is 0.480 e. The summed E-state index contributed by atoms with van der Waals surface area (Å²) in [6, 6.07) is 4.11. The van der Waals surface area contributed by atoms with Crippen molar-refractivity contribution in [2.24, 2.45) is 0 Å². The van der Waals surface area contributed by atoms with E-state index in [1.807, 2.05) is 6.92 Å². The van der Waals surface area contributed by atoms with E-state index in [4.69, 9.17) is 5.11 Å². The number of rotatable bonds is 9. The van der Waals surface area contributed by atoms with Gasteiger partial charge in [-0.15, -0.1) is 12.4 Å². The van der Waals surface area contributed by atoms with Crippen molar-refractivity contribution in [2.45, 2.75) is 45.4 Å². The van der Waals surface area contributed by atoms with Crippen molar-refractivity contribution in [1.82, 2.24) is 5.32 Å². The Balaban J connectivity index is 0.00000529. The smallest absolute Gasteiger partial charge is 0.387 e. The monoisotopic (exact) mass is 366 g/mol. The Kier molecular flexibility index (Phi) is 9.91. The minimum absolute atomic E-state index is 0. The maximum Gasteiger partial charge on any atom is 0.387 e. The molecule has 0 heterocycles. The number of ether oxygens (including phenoxy) is 1. The van der Waals surface area contributed by atoms with Gasteiger partial charge in [0.2, 0.25) is 5.91 Å². The Labute approximate surface area is 145 Å². The average molecular weight is 367 g/mol. The maximum atomic E-state index is 12.3. The fourth-order valence-corrected chi connectivity index (χ4v) is 1.95. The van der Waals surface area contributed by atoms with E-state index in [2.05, 4.69) is 15.4 Å². The first-order chi connectivity index (χ1) is 10.8. The molecule has 24 heavy (non-hydrogen) atoms. The lowest BCUT2D eigenvalue weighted by Crippen LogP contribution is -2.47. The van der Waals surface area contributed by atoms with Crippen molar-refractivity contribution in [3.8, 4) is 5.75 Å². The summed E-state index contributed by atoms with van der Waals surface area (Å²) in [7, 11) is 0. The number of carbonyl (C=O) groups is 2. The normalized spacial score (nSPS) is 12.9. The number of aliphatic carboxylic acids is 1. The van der Waals surface area contributed by atoms with Gasteiger partial charge >= 0.3 is 12.6 Å². The van der Waals surface area contributed by atoms with Gasteiger partial charge in [-0.25, -0.2) is 0 Å². The number of carbonyl (C=O) groups excluding carboxylic acids is 1. The summed E-state index contributed by atoms with van der Waals surface area (Å²) in [5.41, 5.74) is 0.0915. The Morgan fingerprint density at radius 3 is 2.46 bits per heavy atom. The van der Waals surface area contributed by atoms with Gasteiger partial charge in [0.1, 0.15) is 11.8 Å². The van der Waals surface area contributed by atoms with Crippen molar-refractivity contribution in [3.05, 3.63) is 24.3 Å². The van der Waals surface area contributed by atoms with E-state index < -0.39 is 30.6 Å². The second-order valence-corrected chi connectivity index (χ2v) is 4.93. The van der Waals surface area contributed by atoms with Gasteiger partial charge in [-0.05, 0) is 25.5 Å². The Bertz CT molecular complexity index is 546. The van der Waals surface area contributed by atoms with E-state index in [9.17, 15) is 18.4 Å². The Morgan fingerprint density at radius 1 is 1.29 bits per heavy atom. The molecule has 0 saturated heterocycles. The molecule has 0 fully saturated rings. The van der Waals surface area contributed by atoms with Gasteiger partial charge in [-0.1, -0.05) is 25.5 Å². The lowest BCUT2D eigenvalue weighted by atomic mass is 10.1. The minimum Gasteiger partial charge on any atom is -0.480 e. The highest BCUT2D eigenvalue weighted by Gasteiger charge is 2.23. The molecule has 1 rings (SSSR count). The van der Waals surface area contributed by atoms with Crippen molar-refractivity contribution in [1.29, 1.82) is 0 Å². The standard InChI is InChI=1S/C15H20F2N2O4.ClH/c1-3-6-11(14(21)22)18-9(2)13(20)19-10-7-4-5-8-12(10)23-15(16)17;/h4-5,7-9,11,15,18H,3,6H2,1-2H3,(H,19,20)(H,21,22);1H. The van der Waals surface area contributed by atoms with Crippen LogP contribution >= 0.6 is 12.4 Å². The minimum atomic E-state index is -3.01. The molecular weight excluding hydrogens is 346 g/mol. The molecule has 2 atom stereocenters. The second kappa shape index (κ2) is 10.8. The van der Waals surface area contributed by atoms with Crippen LogP contribution in [0.5, 0.6) is 5.75 Å². The van der Waals surface area contributed by atoms with E-state index in [0.29, 0.717) is 12.8 Å². The second-order valence-electron chi connectivity index (χ2n) is 4.93. The molecule has 3 N–H and O–H groups in total. The molecule has 1 aromatic rings. The zero-order chi connectivity index (χ0) is 17.4. The van der Waals surface area contributed by atoms with Gasteiger partial charge in [0.15, 0.2) is 0 Å². The molecule has 1 amide bonds. The Morgan fingerprint density at radius 2 is 1.92 bits per heavy atom. The van der Waals surface area contributed by atoms with Gasteiger partial charge < -0.3 is 15.2 Å². The van der Waals surface area contributed by atoms with E-state index in [0.717, 1.165) is 0 Å². The number of halogens is 3. The third kappa shape index (κ3) is 7.10. The number of para-hydroxylation sites is 2. The quantitative estimate of drug-likeness (QED) is 0.625. The molecule has 1 aromatic carbocycles. The predicted octanol–water partition coefficient (Wildman–Crippen LogP) is 2.88. The van der Waals surface area contributed by atoms with Crippen LogP contribution in [-0.4, -0.2) is 35.7 Å². The topological polar surface area (TPSA) is 87.7 Å². The first-order valence-electron chi connectivity index (χ1n) is 7.18. The number of alkyl halides is 2. The van der Waals surface area contributed by atoms with E-state index in [1.54, 1.807) is 6.07 Å². The van der Waals surface area contributed by atoms with Gasteiger partial charge in [0.05, 0.1) is 11.7 Å². The van der Waals surface area contributed by atoms with E-state index in [-0.39, 0.29) is 23.8 Å². The third-order valence-corrected chi connectivity index (χ3v) is 3.08. The summed E-state index contributed by atoms with van der Waals surface area (Å²) in [6.45, 7) is 0.321. The molecule has 0 radical (unpaired) electrons. The molecule has 0 spiro atoms. The van der Waals surface area contributed by atoms with Crippen LogP contribution in [-0.2, 0) is 9.59 Å². The number of carboxylic acid groups (broad SMARTS) is 1. The molecule has 6 nitrogen and oxygen atoms in total. The summed E-state index contributed by atoms with van der Waals surface area (Å²) in [5, 5.41) is 14.2. The summed E-state index contributed by atoms with van der Waals surface area (Å²) >= 11 is 0. The highest BCUT2D eigenvalue weighted by molar-refractivity contribution is 5.96. The highest BCUT2D eigenvalue weighted by Crippen LogP contribution is 2.25. The molecular formula is C15H21ClF2N2O4. The summed E-state index contributed by atoms with van der Waals surface area (Å²) in [6.07, 6.45) is 1.02. The number of amides is 1. The van der Waals surface area contributed by atoms with Crippen LogP contribution < -0.4 is 15.4 Å². The zero-order valence-electron chi connectivity index (χ0n) is 13.3. The van der Waals surface area contributed by atoms with Gasteiger partial charge in [-0.3, -0.25) is 14.9 Å². The number of benzene rings is 1. The predicted molar refractivity (Wildman–Crippen MR) is 87.9 cm³/mol.